The molecule has 22 heavy (non-hydrogen) atoms. The summed E-state index contributed by atoms with van der Waals surface area (Å²) in [7, 11) is -3.61. The summed E-state index contributed by atoms with van der Waals surface area (Å²) in [5.41, 5.74) is 1.39. The second kappa shape index (κ2) is 7.89. The lowest BCUT2D eigenvalue weighted by molar-refractivity contribution is -0.122. The van der Waals surface area contributed by atoms with Crippen molar-refractivity contribution in [2.75, 3.05) is 6.54 Å². The van der Waals surface area contributed by atoms with Crippen LogP contribution < -0.4 is 10.0 Å². The number of amides is 1. The van der Waals surface area contributed by atoms with Crippen molar-refractivity contribution in [2.24, 2.45) is 0 Å². The molecular weight excluding hydrogens is 320 g/mol. The van der Waals surface area contributed by atoms with E-state index < -0.39 is 16.1 Å². The molecular formula is C15H22N2O3S2. The van der Waals surface area contributed by atoms with Crippen LogP contribution in [0.2, 0.25) is 0 Å². The molecule has 122 valence electrons. The van der Waals surface area contributed by atoms with E-state index in [1.165, 1.54) is 24.5 Å². The predicted molar refractivity (Wildman–Crippen MR) is 88.3 cm³/mol. The zero-order valence-electron chi connectivity index (χ0n) is 12.7. The van der Waals surface area contributed by atoms with Crippen LogP contribution in [0.5, 0.6) is 0 Å². The Bertz CT molecular complexity index is 621. The highest BCUT2D eigenvalue weighted by Crippen LogP contribution is 2.19. The van der Waals surface area contributed by atoms with Gasteiger partial charge in [0, 0.05) is 6.54 Å². The van der Waals surface area contributed by atoms with Gasteiger partial charge in [-0.2, -0.15) is 4.72 Å². The summed E-state index contributed by atoms with van der Waals surface area (Å²) < 4.78 is 26.7. The van der Waals surface area contributed by atoms with E-state index >= 15 is 0 Å². The van der Waals surface area contributed by atoms with E-state index in [9.17, 15) is 13.2 Å². The monoisotopic (exact) mass is 342 g/mol. The van der Waals surface area contributed by atoms with Gasteiger partial charge in [0.2, 0.25) is 5.91 Å². The van der Waals surface area contributed by atoms with Crippen molar-refractivity contribution < 1.29 is 13.2 Å². The predicted octanol–water partition coefficient (Wildman–Crippen LogP) is 2.42. The Morgan fingerprint density at radius 1 is 1.41 bits per heavy atom. The Kier molecular flexibility index (Phi) is 6.16. The summed E-state index contributed by atoms with van der Waals surface area (Å²) in [6.07, 6.45) is 7.79. The molecule has 0 bridgehead atoms. The first-order valence-electron chi connectivity index (χ1n) is 7.50. The lowest BCUT2D eigenvalue weighted by Gasteiger charge is -2.15. The molecule has 0 aliphatic heterocycles. The van der Waals surface area contributed by atoms with E-state index in [0.29, 0.717) is 6.54 Å². The molecule has 0 radical (unpaired) electrons. The van der Waals surface area contributed by atoms with Crippen LogP contribution in [0, 0.1) is 0 Å². The molecule has 1 atom stereocenters. The molecule has 5 nitrogen and oxygen atoms in total. The lowest BCUT2D eigenvalue weighted by atomic mass is 9.97. The summed E-state index contributed by atoms with van der Waals surface area (Å²) in [6.45, 7) is 2.11. The van der Waals surface area contributed by atoms with Crippen molar-refractivity contribution >= 4 is 27.3 Å². The van der Waals surface area contributed by atoms with Gasteiger partial charge in [0.25, 0.3) is 10.0 Å². The van der Waals surface area contributed by atoms with E-state index in [2.05, 4.69) is 16.1 Å². The van der Waals surface area contributed by atoms with E-state index in [0.717, 1.165) is 30.6 Å². The topological polar surface area (TPSA) is 75.3 Å². The van der Waals surface area contributed by atoms with Gasteiger partial charge in [-0.3, -0.25) is 4.79 Å². The van der Waals surface area contributed by atoms with Crippen LogP contribution in [0.1, 0.15) is 39.0 Å². The fourth-order valence-corrected chi connectivity index (χ4v) is 4.60. The van der Waals surface area contributed by atoms with E-state index in [-0.39, 0.29) is 10.1 Å². The lowest BCUT2D eigenvalue weighted by Crippen LogP contribution is -2.44. The zero-order chi connectivity index (χ0) is 16.0. The van der Waals surface area contributed by atoms with Crippen molar-refractivity contribution in [1.82, 2.24) is 10.0 Å². The standard InChI is InChI=1S/C15H22N2O3S2/c1-12(17-22(19,20)14-8-5-11-21-14)15(18)16-10-9-13-6-3-2-4-7-13/h5-6,8,11-12,17H,2-4,7,9-10H2,1H3,(H,16,18)/t12-/m0/s1. The van der Waals surface area contributed by atoms with Crippen molar-refractivity contribution in [3.8, 4) is 0 Å². The van der Waals surface area contributed by atoms with Gasteiger partial charge in [0.05, 0.1) is 6.04 Å². The Hall–Kier alpha value is -1.18. The first kappa shape index (κ1) is 17.2. The van der Waals surface area contributed by atoms with Gasteiger partial charge in [-0.1, -0.05) is 17.7 Å². The summed E-state index contributed by atoms with van der Waals surface area (Å²) in [4.78, 5) is 12.0. The maximum atomic E-state index is 12.0. The van der Waals surface area contributed by atoms with Crippen LogP contribution in [0.25, 0.3) is 0 Å². The van der Waals surface area contributed by atoms with Crippen LogP contribution in [0.4, 0.5) is 0 Å². The molecule has 0 unspecified atom stereocenters. The molecule has 0 saturated carbocycles. The number of hydrogen-bond acceptors (Lipinski definition) is 4. The summed E-state index contributed by atoms with van der Waals surface area (Å²) in [5.74, 6) is -0.295. The second-order valence-electron chi connectivity index (χ2n) is 5.42. The van der Waals surface area contributed by atoms with E-state index in [1.807, 2.05) is 0 Å². The average molecular weight is 342 g/mol. The van der Waals surface area contributed by atoms with Crippen LogP contribution >= 0.6 is 11.3 Å². The van der Waals surface area contributed by atoms with Crippen LogP contribution in [-0.2, 0) is 14.8 Å². The molecule has 0 aromatic carbocycles. The highest BCUT2D eigenvalue weighted by atomic mass is 32.2. The molecule has 0 fully saturated rings. The van der Waals surface area contributed by atoms with Crippen LogP contribution in [-0.4, -0.2) is 26.9 Å². The quantitative estimate of drug-likeness (QED) is 0.747. The number of nitrogens with one attached hydrogen (secondary N) is 2. The summed E-state index contributed by atoms with van der Waals surface area (Å²) in [5, 5.41) is 4.49. The zero-order valence-corrected chi connectivity index (χ0v) is 14.3. The number of thiophene rings is 1. The number of carbonyl (C=O) groups is 1. The summed E-state index contributed by atoms with van der Waals surface area (Å²) >= 11 is 1.13. The van der Waals surface area contributed by atoms with Gasteiger partial charge in [0.1, 0.15) is 4.21 Å². The average Bonchev–Trinajstić information content (AvgIpc) is 3.03. The first-order valence-corrected chi connectivity index (χ1v) is 9.87. The number of rotatable bonds is 7. The number of sulfonamides is 1. The third kappa shape index (κ3) is 4.93. The summed E-state index contributed by atoms with van der Waals surface area (Å²) in [6, 6.07) is 2.40. The Balaban J connectivity index is 1.78. The Labute approximate surface area is 135 Å². The number of allylic oxidation sites excluding steroid dienone is 1. The molecule has 7 heteroatoms. The Morgan fingerprint density at radius 3 is 2.86 bits per heavy atom. The minimum Gasteiger partial charge on any atom is -0.354 e. The first-order chi connectivity index (χ1) is 10.5. The van der Waals surface area contributed by atoms with E-state index in [4.69, 9.17) is 0 Å². The Morgan fingerprint density at radius 2 is 2.23 bits per heavy atom. The SMILES string of the molecule is C[C@H](NS(=O)(=O)c1cccs1)C(=O)NCCC1=CCCCC1. The van der Waals surface area contributed by atoms with Gasteiger partial charge >= 0.3 is 0 Å². The maximum Gasteiger partial charge on any atom is 0.250 e. The van der Waals surface area contributed by atoms with Gasteiger partial charge in [-0.05, 0) is 50.5 Å². The van der Waals surface area contributed by atoms with Gasteiger partial charge in [-0.15, -0.1) is 11.3 Å². The van der Waals surface area contributed by atoms with Crippen molar-refractivity contribution in [3.63, 3.8) is 0 Å². The number of hydrogen-bond donors (Lipinski definition) is 2. The van der Waals surface area contributed by atoms with Crippen LogP contribution in [0.15, 0.2) is 33.4 Å². The van der Waals surface area contributed by atoms with Crippen molar-refractivity contribution in [3.05, 3.63) is 29.2 Å². The molecule has 1 amide bonds. The molecule has 1 aliphatic carbocycles. The second-order valence-corrected chi connectivity index (χ2v) is 8.31. The molecule has 0 spiro atoms. The van der Waals surface area contributed by atoms with Crippen LogP contribution in [0.3, 0.4) is 0 Å². The van der Waals surface area contributed by atoms with Gasteiger partial charge in [0.15, 0.2) is 0 Å². The molecule has 2 N–H and O–H groups in total. The molecule has 0 saturated heterocycles. The van der Waals surface area contributed by atoms with Gasteiger partial charge in [-0.25, -0.2) is 8.42 Å². The maximum absolute atomic E-state index is 12.0. The molecule has 2 rings (SSSR count). The largest absolute Gasteiger partial charge is 0.354 e. The minimum absolute atomic E-state index is 0.222. The third-order valence-electron chi connectivity index (χ3n) is 3.62. The van der Waals surface area contributed by atoms with E-state index in [1.54, 1.807) is 18.4 Å². The molecule has 1 heterocycles. The van der Waals surface area contributed by atoms with Gasteiger partial charge < -0.3 is 5.32 Å². The fourth-order valence-electron chi connectivity index (χ4n) is 2.39. The smallest absolute Gasteiger partial charge is 0.250 e. The fraction of sp³-hybridized carbons (Fsp3) is 0.533. The highest BCUT2D eigenvalue weighted by Gasteiger charge is 2.22. The van der Waals surface area contributed by atoms with Crippen molar-refractivity contribution in [1.29, 1.82) is 0 Å². The number of carbonyl (C=O) groups excluding carboxylic acids is 1. The normalized spacial score (nSPS) is 16.9. The van der Waals surface area contributed by atoms with Crippen molar-refractivity contribution in [2.45, 2.75) is 49.3 Å². The minimum atomic E-state index is -3.61. The highest BCUT2D eigenvalue weighted by molar-refractivity contribution is 7.91. The molecule has 1 aliphatic rings. The third-order valence-corrected chi connectivity index (χ3v) is 6.55. The molecule has 1 aromatic rings. The molecule has 1 aromatic heterocycles.